The lowest BCUT2D eigenvalue weighted by Gasteiger charge is -2.52. The highest BCUT2D eigenvalue weighted by Crippen LogP contribution is 2.46. The van der Waals surface area contributed by atoms with Crippen LogP contribution < -0.4 is 14.4 Å². The molecule has 0 bridgehead atoms. The molecular formula is C30H27ClFN5O5. The topological polar surface area (TPSA) is 102 Å². The molecule has 42 heavy (non-hydrogen) atoms. The minimum Gasteiger partial charge on any atom is -0.485 e. The van der Waals surface area contributed by atoms with E-state index in [1.165, 1.54) is 12.1 Å². The van der Waals surface area contributed by atoms with Crippen LogP contribution in [0, 0.1) is 5.82 Å². The molecule has 2 aromatic heterocycles. The van der Waals surface area contributed by atoms with Crippen molar-refractivity contribution in [1.82, 2.24) is 19.4 Å². The van der Waals surface area contributed by atoms with Crippen molar-refractivity contribution in [2.24, 2.45) is 0 Å². The first-order valence-corrected chi connectivity index (χ1v) is 14.4. The number of carboxylic acids is 1. The van der Waals surface area contributed by atoms with Crippen molar-refractivity contribution < 1.29 is 28.5 Å². The second-order valence-electron chi connectivity index (χ2n) is 11.1. The van der Waals surface area contributed by atoms with Crippen molar-refractivity contribution in [1.29, 1.82) is 0 Å². The zero-order chi connectivity index (χ0) is 28.5. The third kappa shape index (κ3) is 4.10. The molecule has 0 radical (unpaired) electrons. The molecule has 6 heterocycles. The molecule has 0 aliphatic carbocycles. The van der Waals surface area contributed by atoms with Crippen molar-refractivity contribution in [3.8, 4) is 11.5 Å². The molecule has 10 nitrogen and oxygen atoms in total. The Morgan fingerprint density at radius 1 is 1.12 bits per heavy atom. The number of fused-ring (bicyclic) bond motifs is 5. The van der Waals surface area contributed by atoms with Crippen LogP contribution in [-0.2, 0) is 11.3 Å². The number of nitrogens with zero attached hydrogens (tertiary/aromatic N) is 5. The summed E-state index contributed by atoms with van der Waals surface area (Å²) in [6.45, 7) is 3.70. The van der Waals surface area contributed by atoms with E-state index in [1.54, 1.807) is 18.2 Å². The summed E-state index contributed by atoms with van der Waals surface area (Å²) in [5, 5.41) is 9.93. The van der Waals surface area contributed by atoms with Gasteiger partial charge in [-0.25, -0.2) is 19.2 Å². The number of hydrogen-bond acceptors (Lipinski definition) is 8. The first-order chi connectivity index (χ1) is 20.4. The van der Waals surface area contributed by atoms with E-state index in [0.717, 1.165) is 31.0 Å². The number of piperazine rings is 1. The lowest BCUT2D eigenvalue weighted by atomic mass is 9.91. The van der Waals surface area contributed by atoms with Gasteiger partial charge in [0.05, 0.1) is 30.4 Å². The van der Waals surface area contributed by atoms with Gasteiger partial charge in [-0.2, -0.15) is 0 Å². The summed E-state index contributed by atoms with van der Waals surface area (Å²) in [5.74, 6) is 0.575. The van der Waals surface area contributed by atoms with Gasteiger partial charge in [-0.3, -0.25) is 4.90 Å². The summed E-state index contributed by atoms with van der Waals surface area (Å²) < 4.78 is 35.5. The minimum atomic E-state index is -1.07. The number of rotatable bonds is 4. The molecule has 4 aliphatic heterocycles. The predicted octanol–water partition coefficient (Wildman–Crippen LogP) is 4.47. The van der Waals surface area contributed by atoms with Crippen LogP contribution in [0.25, 0.3) is 11.2 Å². The Balaban J connectivity index is 1.14. The number of carboxylic acid groups (broad SMARTS) is 1. The molecule has 2 aromatic carbocycles. The van der Waals surface area contributed by atoms with Crippen molar-refractivity contribution in [3.63, 3.8) is 0 Å². The van der Waals surface area contributed by atoms with Gasteiger partial charge in [0.1, 0.15) is 23.8 Å². The fourth-order valence-corrected chi connectivity index (χ4v) is 6.84. The molecule has 2 fully saturated rings. The van der Waals surface area contributed by atoms with Crippen LogP contribution in [0.15, 0.2) is 48.5 Å². The Kier molecular flexibility index (Phi) is 6.02. The lowest BCUT2D eigenvalue weighted by molar-refractivity contribution is -0.107. The molecule has 12 heteroatoms. The average Bonchev–Trinajstić information content (AvgIpc) is 3.32. The Labute approximate surface area is 245 Å². The van der Waals surface area contributed by atoms with Crippen LogP contribution >= 0.6 is 11.6 Å². The zero-order valence-electron chi connectivity index (χ0n) is 22.5. The monoisotopic (exact) mass is 591 g/mol. The number of halogens is 2. The standard InChI is InChI=1S/C30H27ClFN5O5/c31-16-4-5-17(18(32)12-16)25-15-41-24-3-1-2-21(28(24)42-25)35-9-10-36-14-26-33-19-6-7-20(30(38)39)34-29(19)37(26)27(22(36)13-35)23-8-11-40-23/h1-7,12,22-23,25,27H,8-11,13-15H2,(H,38,39)/t22-,23+,25+,27?/m1/s1. The largest absolute Gasteiger partial charge is 0.485 e. The summed E-state index contributed by atoms with van der Waals surface area (Å²) >= 11 is 5.98. The van der Waals surface area contributed by atoms with Crippen molar-refractivity contribution in [2.75, 3.05) is 37.7 Å². The van der Waals surface area contributed by atoms with E-state index in [0.29, 0.717) is 52.9 Å². The van der Waals surface area contributed by atoms with E-state index in [1.807, 2.05) is 18.2 Å². The summed E-state index contributed by atoms with van der Waals surface area (Å²) in [4.78, 5) is 25.8. The van der Waals surface area contributed by atoms with Gasteiger partial charge >= 0.3 is 5.97 Å². The van der Waals surface area contributed by atoms with Crippen LogP contribution in [0.5, 0.6) is 11.5 Å². The molecule has 8 rings (SSSR count). The molecule has 0 saturated carbocycles. The normalized spacial score (nSPS) is 25.0. The molecular weight excluding hydrogens is 565 g/mol. The number of aromatic nitrogens is 3. The maximum Gasteiger partial charge on any atom is 0.354 e. The van der Waals surface area contributed by atoms with Gasteiger partial charge in [0, 0.05) is 36.8 Å². The van der Waals surface area contributed by atoms with E-state index >= 15 is 0 Å². The van der Waals surface area contributed by atoms with E-state index in [9.17, 15) is 14.3 Å². The third-order valence-electron chi connectivity index (χ3n) is 8.77. The zero-order valence-corrected chi connectivity index (χ0v) is 23.2. The molecule has 4 aliphatic rings. The second-order valence-corrected chi connectivity index (χ2v) is 11.5. The quantitative estimate of drug-likeness (QED) is 0.368. The third-order valence-corrected chi connectivity index (χ3v) is 9.01. The number of para-hydroxylation sites is 1. The molecule has 4 atom stereocenters. The Morgan fingerprint density at radius 3 is 2.79 bits per heavy atom. The Morgan fingerprint density at radius 2 is 2.00 bits per heavy atom. The van der Waals surface area contributed by atoms with Crippen molar-refractivity contribution >= 4 is 34.4 Å². The van der Waals surface area contributed by atoms with Crippen LogP contribution in [-0.4, -0.2) is 75.5 Å². The Hall–Kier alpha value is -3.93. The molecule has 0 amide bonds. The smallest absolute Gasteiger partial charge is 0.354 e. The fourth-order valence-electron chi connectivity index (χ4n) is 6.69. The number of anilines is 1. The summed E-state index contributed by atoms with van der Waals surface area (Å²) in [6, 6.07) is 13.6. The number of imidazole rings is 1. The molecule has 4 aromatic rings. The highest BCUT2D eigenvalue weighted by atomic mass is 35.5. The first-order valence-electron chi connectivity index (χ1n) is 14.0. The number of carbonyl (C=O) groups is 1. The molecule has 0 spiro atoms. The average molecular weight is 592 g/mol. The summed E-state index contributed by atoms with van der Waals surface area (Å²) in [7, 11) is 0. The van der Waals surface area contributed by atoms with Gasteiger partial charge in [0.2, 0.25) is 0 Å². The first kappa shape index (κ1) is 25.8. The minimum absolute atomic E-state index is 0.00841. The Bertz CT molecular complexity index is 1730. The highest BCUT2D eigenvalue weighted by molar-refractivity contribution is 6.30. The van der Waals surface area contributed by atoms with Crippen LogP contribution in [0.3, 0.4) is 0 Å². The van der Waals surface area contributed by atoms with Crippen molar-refractivity contribution in [3.05, 3.63) is 76.5 Å². The molecule has 1 N–H and O–H groups in total. The van der Waals surface area contributed by atoms with Gasteiger partial charge in [-0.15, -0.1) is 0 Å². The molecule has 1 unspecified atom stereocenters. The second kappa shape index (κ2) is 9.82. The SMILES string of the molecule is O=C(O)c1ccc2nc3n(c2n1)C([C@@H]1CCO1)[C@H]1CN(c2cccc4c2O[C@H](c2ccc(Cl)cc2F)CO4)CCN1C3. The molecule has 216 valence electrons. The maximum absolute atomic E-state index is 14.8. The van der Waals surface area contributed by atoms with Gasteiger partial charge in [-0.05, 0) is 42.8 Å². The van der Waals surface area contributed by atoms with Crippen LogP contribution in [0.4, 0.5) is 10.1 Å². The van der Waals surface area contributed by atoms with E-state index < -0.39 is 17.9 Å². The van der Waals surface area contributed by atoms with Gasteiger partial charge < -0.3 is 28.8 Å². The number of pyridine rings is 1. The van der Waals surface area contributed by atoms with Crippen molar-refractivity contribution in [2.45, 2.75) is 37.3 Å². The highest BCUT2D eigenvalue weighted by Gasteiger charge is 2.46. The lowest BCUT2D eigenvalue weighted by Crippen LogP contribution is -2.61. The maximum atomic E-state index is 14.8. The predicted molar refractivity (Wildman–Crippen MR) is 151 cm³/mol. The van der Waals surface area contributed by atoms with Gasteiger partial charge in [-0.1, -0.05) is 23.7 Å². The number of ether oxygens (including phenoxy) is 3. The number of hydrogen-bond donors (Lipinski definition) is 1. The van der Waals surface area contributed by atoms with E-state index in [4.69, 9.17) is 30.8 Å². The van der Waals surface area contributed by atoms with Gasteiger partial charge in [0.15, 0.2) is 28.9 Å². The van der Waals surface area contributed by atoms with E-state index in [2.05, 4.69) is 19.4 Å². The van der Waals surface area contributed by atoms with Gasteiger partial charge in [0.25, 0.3) is 0 Å². The molecule has 2 saturated heterocycles. The summed E-state index contributed by atoms with van der Waals surface area (Å²) in [5.41, 5.74) is 2.52. The fraction of sp³-hybridized carbons (Fsp3) is 0.367. The van der Waals surface area contributed by atoms with Crippen LogP contribution in [0.2, 0.25) is 5.02 Å². The van der Waals surface area contributed by atoms with Crippen LogP contribution in [0.1, 0.15) is 40.4 Å². The number of aromatic carboxylic acids is 1. The number of benzene rings is 2. The summed E-state index contributed by atoms with van der Waals surface area (Å²) in [6.07, 6.45) is 0.252. The van der Waals surface area contributed by atoms with E-state index in [-0.39, 0.29) is 30.5 Å².